The van der Waals surface area contributed by atoms with Crippen LogP contribution in [-0.4, -0.2) is 39.7 Å². The number of hydrogen-bond donors (Lipinski definition) is 1. The van der Waals surface area contributed by atoms with E-state index in [1.807, 2.05) is 0 Å². The molecule has 0 bridgehead atoms. The van der Waals surface area contributed by atoms with E-state index in [4.69, 9.17) is 11.6 Å². The van der Waals surface area contributed by atoms with Gasteiger partial charge in [0.15, 0.2) is 0 Å². The summed E-state index contributed by atoms with van der Waals surface area (Å²) < 4.78 is 43.6. The van der Waals surface area contributed by atoms with E-state index in [0.29, 0.717) is 0 Å². The first kappa shape index (κ1) is 22.6. The predicted molar refractivity (Wildman–Crippen MR) is 109 cm³/mol. The van der Waals surface area contributed by atoms with Gasteiger partial charge in [-0.15, -0.1) is 0 Å². The second-order valence-electron chi connectivity index (χ2n) is 6.13. The van der Waals surface area contributed by atoms with Gasteiger partial charge in [0.1, 0.15) is 11.9 Å². The lowest BCUT2D eigenvalue weighted by molar-refractivity contribution is -0.117. The summed E-state index contributed by atoms with van der Waals surface area (Å²) in [6.07, 6.45) is 1.09. The van der Waals surface area contributed by atoms with Crippen molar-refractivity contribution in [2.24, 2.45) is 0 Å². The third kappa shape index (κ3) is 5.45. The molecule has 29 heavy (non-hydrogen) atoms. The standard InChI is InChI=1S/C19H20ClFN2O5S/c1-4-17(23(29(3,26)27)14-8-6-13(21)7-9-14)18(24)22-16-11-12(19(25)28-2)5-10-15(16)20/h5-11,17H,4H2,1-3H3,(H,22,24)/t17-/m1/s1. The van der Waals surface area contributed by atoms with Gasteiger partial charge in [0, 0.05) is 0 Å². The first-order chi connectivity index (χ1) is 13.6. The SMILES string of the molecule is CC[C@H](C(=O)Nc1cc(C(=O)OC)ccc1Cl)N(c1ccc(F)cc1)S(C)(=O)=O. The molecular weight excluding hydrogens is 423 g/mol. The van der Waals surface area contributed by atoms with Crippen LogP contribution in [0.25, 0.3) is 0 Å². The van der Waals surface area contributed by atoms with E-state index in [1.54, 1.807) is 6.92 Å². The van der Waals surface area contributed by atoms with E-state index in [-0.39, 0.29) is 28.4 Å². The molecule has 0 saturated heterocycles. The normalized spacial score (nSPS) is 12.2. The average molecular weight is 443 g/mol. The summed E-state index contributed by atoms with van der Waals surface area (Å²) in [5.41, 5.74) is 0.439. The van der Waals surface area contributed by atoms with Crippen LogP contribution in [0.1, 0.15) is 23.7 Å². The first-order valence-electron chi connectivity index (χ1n) is 8.52. The summed E-state index contributed by atoms with van der Waals surface area (Å²) in [5, 5.41) is 2.72. The molecule has 1 amide bonds. The van der Waals surface area contributed by atoms with Crippen molar-refractivity contribution in [2.75, 3.05) is 23.0 Å². The number of nitrogens with one attached hydrogen (secondary N) is 1. The molecule has 0 spiro atoms. The Kier molecular flexibility index (Phi) is 7.21. The average Bonchev–Trinajstić information content (AvgIpc) is 2.67. The largest absolute Gasteiger partial charge is 0.465 e. The minimum absolute atomic E-state index is 0.130. The fourth-order valence-electron chi connectivity index (χ4n) is 2.73. The van der Waals surface area contributed by atoms with Gasteiger partial charge in [-0.1, -0.05) is 18.5 Å². The minimum atomic E-state index is -3.87. The van der Waals surface area contributed by atoms with Crippen molar-refractivity contribution >= 4 is 44.9 Å². The van der Waals surface area contributed by atoms with Crippen molar-refractivity contribution in [1.29, 1.82) is 0 Å². The van der Waals surface area contributed by atoms with Gasteiger partial charge >= 0.3 is 5.97 Å². The van der Waals surface area contributed by atoms with Crippen molar-refractivity contribution in [3.63, 3.8) is 0 Å². The van der Waals surface area contributed by atoms with Gasteiger partial charge < -0.3 is 10.1 Å². The van der Waals surface area contributed by atoms with Crippen LogP contribution in [0.5, 0.6) is 0 Å². The fourth-order valence-corrected chi connectivity index (χ4v) is 4.11. The molecule has 1 atom stereocenters. The van der Waals surface area contributed by atoms with E-state index in [2.05, 4.69) is 10.1 Å². The van der Waals surface area contributed by atoms with Gasteiger partial charge in [-0.05, 0) is 48.9 Å². The zero-order valence-corrected chi connectivity index (χ0v) is 17.6. The number of esters is 1. The summed E-state index contributed by atoms with van der Waals surface area (Å²) >= 11 is 6.10. The number of ether oxygens (including phenoxy) is 1. The van der Waals surface area contributed by atoms with Crippen molar-refractivity contribution in [3.05, 3.63) is 58.9 Å². The van der Waals surface area contributed by atoms with E-state index in [9.17, 15) is 22.4 Å². The van der Waals surface area contributed by atoms with Crippen LogP contribution < -0.4 is 9.62 Å². The Morgan fingerprint density at radius 3 is 2.34 bits per heavy atom. The summed E-state index contributed by atoms with van der Waals surface area (Å²) in [6, 6.07) is 7.81. The molecule has 0 saturated carbocycles. The molecule has 2 rings (SSSR count). The highest BCUT2D eigenvalue weighted by molar-refractivity contribution is 7.92. The molecule has 0 aliphatic carbocycles. The Hall–Kier alpha value is -2.65. The van der Waals surface area contributed by atoms with Crippen LogP contribution in [0.15, 0.2) is 42.5 Å². The maximum absolute atomic E-state index is 13.3. The third-order valence-electron chi connectivity index (χ3n) is 4.06. The number of nitrogens with zero attached hydrogens (tertiary/aromatic N) is 1. The van der Waals surface area contributed by atoms with Gasteiger partial charge in [-0.2, -0.15) is 0 Å². The summed E-state index contributed by atoms with van der Waals surface area (Å²) in [4.78, 5) is 24.6. The van der Waals surface area contributed by atoms with Crippen molar-refractivity contribution in [2.45, 2.75) is 19.4 Å². The Morgan fingerprint density at radius 2 is 1.83 bits per heavy atom. The Labute approximate surface area is 173 Å². The molecule has 1 N–H and O–H groups in total. The van der Waals surface area contributed by atoms with E-state index in [0.717, 1.165) is 22.7 Å². The third-order valence-corrected chi connectivity index (χ3v) is 5.57. The molecule has 7 nitrogen and oxygen atoms in total. The first-order valence-corrected chi connectivity index (χ1v) is 10.7. The van der Waals surface area contributed by atoms with Gasteiger partial charge in [0.25, 0.3) is 0 Å². The van der Waals surface area contributed by atoms with Crippen LogP contribution in [0.4, 0.5) is 15.8 Å². The number of amides is 1. The molecule has 2 aromatic carbocycles. The molecule has 10 heteroatoms. The van der Waals surface area contributed by atoms with Crippen LogP contribution in [0, 0.1) is 5.82 Å². The number of carbonyl (C=O) groups excluding carboxylic acids is 2. The van der Waals surface area contributed by atoms with E-state index in [1.165, 1.54) is 37.4 Å². The van der Waals surface area contributed by atoms with E-state index < -0.39 is 33.8 Å². The zero-order chi connectivity index (χ0) is 21.8. The maximum Gasteiger partial charge on any atom is 0.337 e. The lowest BCUT2D eigenvalue weighted by Crippen LogP contribution is -2.47. The second-order valence-corrected chi connectivity index (χ2v) is 8.40. The number of benzene rings is 2. The van der Waals surface area contributed by atoms with Crippen LogP contribution in [0.2, 0.25) is 5.02 Å². The monoisotopic (exact) mass is 442 g/mol. The maximum atomic E-state index is 13.3. The van der Waals surface area contributed by atoms with Gasteiger partial charge in [-0.25, -0.2) is 17.6 Å². The van der Waals surface area contributed by atoms with Crippen LogP contribution >= 0.6 is 11.6 Å². The highest BCUT2D eigenvalue weighted by Gasteiger charge is 2.32. The van der Waals surface area contributed by atoms with Crippen molar-refractivity contribution < 1.29 is 27.1 Å². The highest BCUT2D eigenvalue weighted by atomic mass is 35.5. The van der Waals surface area contributed by atoms with E-state index >= 15 is 0 Å². The number of sulfonamides is 1. The molecule has 0 aliphatic heterocycles. The molecule has 2 aromatic rings. The Morgan fingerprint density at radius 1 is 1.21 bits per heavy atom. The lowest BCUT2D eigenvalue weighted by Gasteiger charge is -2.30. The zero-order valence-electron chi connectivity index (χ0n) is 16.0. The topological polar surface area (TPSA) is 92.8 Å². The summed E-state index contributed by atoms with van der Waals surface area (Å²) in [6.45, 7) is 1.64. The fraction of sp³-hybridized carbons (Fsp3) is 0.263. The van der Waals surface area contributed by atoms with Crippen molar-refractivity contribution in [1.82, 2.24) is 0 Å². The molecule has 0 unspecified atom stereocenters. The molecular formula is C19H20ClFN2O5S. The number of methoxy groups -OCH3 is 1. The van der Waals surface area contributed by atoms with Crippen molar-refractivity contribution in [3.8, 4) is 0 Å². The molecule has 156 valence electrons. The highest BCUT2D eigenvalue weighted by Crippen LogP contribution is 2.27. The minimum Gasteiger partial charge on any atom is -0.465 e. The smallest absolute Gasteiger partial charge is 0.337 e. The predicted octanol–water partition coefficient (Wildman–Crippen LogP) is 3.45. The number of carbonyl (C=O) groups is 2. The number of halogens is 2. The second kappa shape index (κ2) is 9.23. The Bertz CT molecular complexity index is 1010. The Balaban J connectivity index is 2.40. The van der Waals surface area contributed by atoms with Gasteiger partial charge in [-0.3, -0.25) is 9.10 Å². The summed E-state index contributed by atoms with van der Waals surface area (Å²) in [5.74, 6) is -1.81. The van der Waals surface area contributed by atoms with Crippen LogP contribution in [0.3, 0.4) is 0 Å². The van der Waals surface area contributed by atoms with Gasteiger partial charge in [0.05, 0.1) is 35.3 Å². The summed E-state index contributed by atoms with van der Waals surface area (Å²) in [7, 11) is -2.65. The molecule has 0 fully saturated rings. The molecule has 0 radical (unpaired) electrons. The number of hydrogen-bond acceptors (Lipinski definition) is 5. The lowest BCUT2D eigenvalue weighted by atomic mass is 10.1. The molecule has 0 aliphatic rings. The quantitative estimate of drug-likeness (QED) is 0.663. The molecule has 0 heterocycles. The van der Waals surface area contributed by atoms with Gasteiger partial charge in [0.2, 0.25) is 15.9 Å². The number of anilines is 2. The number of rotatable bonds is 7. The van der Waals surface area contributed by atoms with Crippen LogP contribution in [-0.2, 0) is 19.6 Å². The molecule has 0 aromatic heterocycles.